The minimum absolute atomic E-state index is 0.121. The van der Waals surface area contributed by atoms with Gasteiger partial charge < -0.3 is 10.2 Å². The second kappa shape index (κ2) is 8.46. The highest BCUT2D eigenvalue weighted by molar-refractivity contribution is 5.84. The fourth-order valence-electron chi connectivity index (χ4n) is 3.18. The fourth-order valence-corrected chi connectivity index (χ4v) is 3.18. The Labute approximate surface area is 147 Å². The summed E-state index contributed by atoms with van der Waals surface area (Å²) in [6, 6.07) is 10.8. The predicted molar refractivity (Wildman–Crippen MR) is 94.9 cm³/mol. The number of hydrogen-bond donors (Lipinski definition) is 1. The molecule has 1 N–H and O–H groups in total. The number of carbonyl (C=O) groups excluding carboxylic acids is 2. The Morgan fingerprint density at radius 2 is 1.84 bits per heavy atom. The van der Waals surface area contributed by atoms with Crippen LogP contribution in [0.15, 0.2) is 48.8 Å². The molecule has 1 fully saturated rings. The van der Waals surface area contributed by atoms with Gasteiger partial charge in [-0.1, -0.05) is 30.3 Å². The van der Waals surface area contributed by atoms with Gasteiger partial charge in [0.15, 0.2) is 6.04 Å². The number of nitrogens with one attached hydrogen (secondary N) is 1. The Kier molecular flexibility index (Phi) is 5.82. The molecule has 2 amide bonds. The van der Waals surface area contributed by atoms with Crippen LogP contribution in [0.4, 0.5) is 0 Å². The minimum Gasteiger partial charge on any atom is -0.353 e. The van der Waals surface area contributed by atoms with Crippen molar-refractivity contribution in [2.24, 2.45) is 0 Å². The zero-order valence-electron chi connectivity index (χ0n) is 14.3. The lowest BCUT2D eigenvalue weighted by Crippen LogP contribution is -2.39. The maximum Gasteiger partial charge on any atom is 0.249 e. The van der Waals surface area contributed by atoms with Crippen LogP contribution in [0.2, 0.25) is 0 Å². The van der Waals surface area contributed by atoms with Crippen LogP contribution < -0.4 is 5.32 Å². The first kappa shape index (κ1) is 17.2. The summed E-state index contributed by atoms with van der Waals surface area (Å²) in [6.07, 6.45) is 7.12. The molecule has 1 saturated heterocycles. The van der Waals surface area contributed by atoms with Crippen molar-refractivity contribution >= 4 is 11.8 Å². The van der Waals surface area contributed by atoms with E-state index in [-0.39, 0.29) is 11.8 Å². The molecule has 6 heteroatoms. The summed E-state index contributed by atoms with van der Waals surface area (Å²) < 4.78 is 1.64. The summed E-state index contributed by atoms with van der Waals surface area (Å²) >= 11 is 0. The Balaban J connectivity index is 1.58. The highest BCUT2D eigenvalue weighted by atomic mass is 16.2. The van der Waals surface area contributed by atoms with Crippen molar-refractivity contribution in [2.45, 2.75) is 31.7 Å². The minimum atomic E-state index is -0.527. The van der Waals surface area contributed by atoms with Gasteiger partial charge in [0.1, 0.15) is 0 Å². The van der Waals surface area contributed by atoms with Crippen LogP contribution in [0.3, 0.4) is 0 Å². The predicted octanol–water partition coefficient (Wildman–Crippen LogP) is 1.99. The largest absolute Gasteiger partial charge is 0.353 e. The van der Waals surface area contributed by atoms with Gasteiger partial charge in [0.2, 0.25) is 11.8 Å². The van der Waals surface area contributed by atoms with E-state index in [2.05, 4.69) is 10.4 Å². The van der Waals surface area contributed by atoms with Gasteiger partial charge in [0, 0.05) is 38.4 Å². The highest BCUT2D eigenvalue weighted by Gasteiger charge is 2.23. The van der Waals surface area contributed by atoms with Crippen molar-refractivity contribution in [3.63, 3.8) is 0 Å². The van der Waals surface area contributed by atoms with Gasteiger partial charge in [-0.2, -0.15) is 5.10 Å². The molecule has 0 aliphatic carbocycles. The molecular weight excluding hydrogens is 316 g/mol. The first-order valence-electron chi connectivity index (χ1n) is 8.85. The van der Waals surface area contributed by atoms with Crippen molar-refractivity contribution in [1.29, 1.82) is 0 Å². The average Bonchev–Trinajstić information content (AvgIpc) is 3.17. The molecule has 132 valence electrons. The van der Waals surface area contributed by atoms with Gasteiger partial charge in [0.05, 0.1) is 0 Å². The molecule has 3 rings (SSSR count). The Morgan fingerprint density at radius 3 is 2.52 bits per heavy atom. The SMILES string of the molecule is O=C(NCCC(=O)N1CCCCC1)[C@@H](c1ccccc1)n1cccn1. The maximum atomic E-state index is 12.7. The quantitative estimate of drug-likeness (QED) is 0.874. The Bertz CT molecular complexity index is 679. The molecule has 0 saturated carbocycles. The summed E-state index contributed by atoms with van der Waals surface area (Å²) in [5.41, 5.74) is 0.867. The molecule has 1 aromatic heterocycles. The summed E-state index contributed by atoms with van der Waals surface area (Å²) in [6.45, 7) is 2.03. The number of hydrogen-bond acceptors (Lipinski definition) is 3. The van der Waals surface area contributed by atoms with Crippen molar-refractivity contribution in [3.05, 3.63) is 54.4 Å². The van der Waals surface area contributed by atoms with Crippen molar-refractivity contribution in [2.75, 3.05) is 19.6 Å². The third-order valence-corrected chi connectivity index (χ3v) is 4.50. The zero-order chi connectivity index (χ0) is 17.5. The normalized spacial score (nSPS) is 15.6. The number of benzene rings is 1. The summed E-state index contributed by atoms with van der Waals surface area (Å²) in [5.74, 6) is -0.0308. The molecule has 1 aliphatic heterocycles. The summed E-state index contributed by atoms with van der Waals surface area (Å²) in [4.78, 5) is 26.8. The van der Waals surface area contributed by atoms with Crippen LogP contribution >= 0.6 is 0 Å². The monoisotopic (exact) mass is 340 g/mol. The number of nitrogens with zero attached hydrogens (tertiary/aromatic N) is 3. The molecule has 0 spiro atoms. The van der Waals surface area contributed by atoms with E-state index in [1.807, 2.05) is 35.2 Å². The van der Waals surface area contributed by atoms with E-state index in [1.54, 1.807) is 23.1 Å². The molecular formula is C19H24N4O2. The van der Waals surface area contributed by atoms with Gasteiger partial charge in [-0.3, -0.25) is 14.3 Å². The van der Waals surface area contributed by atoms with Gasteiger partial charge in [-0.15, -0.1) is 0 Å². The van der Waals surface area contributed by atoms with Crippen molar-refractivity contribution in [1.82, 2.24) is 20.0 Å². The molecule has 1 atom stereocenters. The van der Waals surface area contributed by atoms with E-state index in [4.69, 9.17) is 0 Å². The molecule has 6 nitrogen and oxygen atoms in total. The van der Waals surface area contributed by atoms with Gasteiger partial charge in [-0.05, 0) is 30.9 Å². The second-order valence-electron chi connectivity index (χ2n) is 6.28. The smallest absolute Gasteiger partial charge is 0.249 e. The van der Waals surface area contributed by atoms with E-state index >= 15 is 0 Å². The molecule has 1 aromatic carbocycles. The number of likely N-dealkylation sites (tertiary alicyclic amines) is 1. The number of carbonyl (C=O) groups is 2. The summed E-state index contributed by atoms with van der Waals surface area (Å²) in [5, 5.41) is 7.10. The van der Waals surface area contributed by atoms with Crippen molar-refractivity contribution < 1.29 is 9.59 Å². The van der Waals surface area contributed by atoms with Crippen LogP contribution in [0, 0.1) is 0 Å². The van der Waals surface area contributed by atoms with Crippen molar-refractivity contribution in [3.8, 4) is 0 Å². The van der Waals surface area contributed by atoms with Crippen LogP contribution in [0.1, 0.15) is 37.3 Å². The molecule has 0 unspecified atom stereocenters. The molecule has 2 heterocycles. The number of rotatable bonds is 6. The van der Waals surface area contributed by atoms with E-state index in [9.17, 15) is 9.59 Å². The first-order chi connectivity index (χ1) is 12.3. The lowest BCUT2D eigenvalue weighted by Gasteiger charge is -2.27. The third-order valence-electron chi connectivity index (χ3n) is 4.50. The number of piperidine rings is 1. The van der Waals surface area contributed by atoms with Crippen LogP contribution in [0.5, 0.6) is 0 Å². The standard InChI is InChI=1S/C19H24N4O2/c24-17(22-13-5-2-6-14-22)10-12-20-19(25)18(23-15-7-11-21-23)16-8-3-1-4-9-16/h1,3-4,7-9,11,15,18H,2,5-6,10,12-14H2,(H,20,25)/t18-/m1/s1. The van der Waals surface area contributed by atoms with E-state index in [0.29, 0.717) is 13.0 Å². The summed E-state index contributed by atoms with van der Waals surface area (Å²) in [7, 11) is 0. The van der Waals surface area contributed by atoms with Crippen LogP contribution in [0.25, 0.3) is 0 Å². The van der Waals surface area contributed by atoms with E-state index < -0.39 is 6.04 Å². The Morgan fingerprint density at radius 1 is 1.08 bits per heavy atom. The molecule has 25 heavy (non-hydrogen) atoms. The lowest BCUT2D eigenvalue weighted by atomic mass is 10.1. The highest BCUT2D eigenvalue weighted by Crippen LogP contribution is 2.17. The zero-order valence-corrected chi connectivity index (χ0v) is 14.3. The van der Waals surface area contributed by atoms with Crippen LogP contribution in [-0.2, 0) is 9.59 Å². The molecule has 0 bridgehead atoms. The van der Waals surface area contributed by atoms with Gasteiger partial charge >= 0.3 is 0 Å². The number of aromatic nitrogens is 2. The van der Waals surface area contributed by atoms with Crippen LogP contribution in [-0.4, -0.2) is 46.1 Å². The first-order valence-corrected chi connectivity index (χ1v) is 8.85. The van der Waals surface area contributed by atoms with Gasteiger partial charge in [-0.25, -0.2) is 0 Å². The topological polar surface area (TPSA) is 67.2 Å². The average molecular weight is 340 g/mol. The molecule has 2 aromatic rings. The third kappa shape index (κ3) is 4.47. The Hall–Kier alpha value is -2.63. The maximum absolute atomic E-state index is 12.7. The van der Waals surface area contributed by atoms with E-state index in [0.717, 1.165) is 31.5 Å². The van der Waals surface area contributed by atoms with Gasteiger partial charge in [0.25, 0.3) is 0 Å². The van der Waals surface area contributed by atoms with E-state index in [1.165, 1.54) is 6.42 Å². The number of amides is 2. The molecule has 1 aliphatic rings. The second-order valence-corrected chi connectivity index (χ2v) is 6.28. The lowest BCUT2D eigenvalue weighted by molar-refractivity contribution is -0.132. The molecule has 0 radical (unpaired) electrons. The fraction of sp³-hybridized carbons (Fsp3) is 0.421.